The fourth-order valence-electron chi connectivity index (χ4n) is 1.92. The summed E-state index contributed by atoms with van der Waals surface area (Å²) in [6.45, 7) is 3.16. The van der Waals surface area contributed by atoms with Crippen LogP contribution in [0.5, 0.6) is 0 Å². The van der Waals surface area contributed by atoms with Gasteiger partial charge in [0.05, 0.1) is 0 Å². The summed E-state index contributed by atoms with van der Waals surface area (Å²) in [6, 6.07) is 20.0. The largest absolute Gasteiger partial charge is 0.384 e. The van der Waals surface area contributed by atoms with Gasteiger partial charge in [-0.15, -0.1) is 0 Å². The second kappa shape index (κ2) is 7.90. The third-order valence-electron chi connectivity index (χ3n) is 3.07. The van der Waals surface area contributed by atoms with E-state index in [1.807, 2.05) is 55.5 Å². The molecule has 0 radical (unpaired) electrons. The number of hydrogen-bond acceptors (Lipinski definition) is 2. The highest BCUT2D eigenvalue weighted by molar-refractivity contribution is 5.87. The number of benzene rings is 2. The van der Waals surface area contributed by atoms with Gasteiger partial charge >= 0.3 is 0 Å². The number of rotatable bonds is 6. The maximum absolute atomic E-state index is 11.8. The molecule has 2 rings (SSSR count). The molecule has 108 valence electrons. The van der Waals surface area contributed by atoms with E-state index in [0.29, 0.717) is 6.54 Å². The molecule has 0 saturated heterocycles. The van der Waals surface area contributed by atoms with Crippen LogP contribution in [0.25, 0.3) is 0 Å². The number of carbonyl (C=O) groups excluding carboxylic acids is 1. The first-order valence-electron chi connectivity index (χ1n) is 7.02. The average molecular weight is 280 g/mol. The van der Waals surface area contributed by atoms with Gasteiger partial charge in [-0.2, -0.15) is 0 Å². The first-order valence-corrected chi connectivity index (χ1v) is 7.02. The van der Waals surface area contributed by atoms with Crippen LogP contribution in [-0.2, 0) is 17.9 Å². The van der Waals surface area contributed by atoms with Crippen LogP contribution < -0.4 is 10.6 Å². The molecule has 2 N–H and O–H groups in total. The van der Waals surface area contributed by atoms with Crippen LogP contribution in [0.1, 0.15) is 18.1 Å². The summed E-state index contributed by atoms with van der Waals surface area (Å²) < 4.78 is 0. The first kappa shape index (κ1) is 14.9. The lowest BCUT2D eigenvalue weighted by molar-refractivity contribution is -0.116. The smallest absolute Gasteiger partial charge is 0.245 e. The van der Waals surface area contributed by atoms with Gasteiger partial charge in [0, 0.05) is 24.9 Å². The zero-order valence-corrected chi connectivity index (χ0v) is 12.2. The Balaban J connectivity index is 1.77. The van der Waals surface area contributed by atoms with Crippen molar-refractivity contribution in [2.24, 2.45) is 0 Å². The van der Waals surface area contributed by atoms with Crippen molar-refractivity contribution >= 4 is 5.91 Å². The molecule has 0 fully saturated rings. The zero-order chi connectivity index (χ0) is 14.9. The van der Waals surface area contributed by atoms with Crippen molar-refractivity contribution in [3.8, 4) is 0 Å². The van der Waals surface area contributed by atoms with Gasteiger partial charge in [0.25, 0.3) is 0 Å². The van der Waals surface area contributed by atoms with Crippen LogP contribution in [0.15, 0.2) is 72.4 Å². The van der Waals surface area contributed by atoms with Gasteiger partial charge in [0.15, 0.2) is 0 Å². The zero-order valence-electron chi connectivity index (χ0n) is 12.2. The summed E-state index contributed by atoms with van der Waals surface area (Å²) in [5, 5.41) is 6.10. The molecule has 0 aliphatic carbocycles. The Hall–Kier alpha value is -2.55. The minimum Gasteiger partial charge on any atom is -0.384 e. The van der Waals surface area contributed by atoms with Gasteiger partial charge in [-0.1, -0.05) is 60.7 Å². The molecular formula is C18H20N2O. The summed E-state index contributed by atoms with van der Waals surface area (Å²) in [4.78, 5) is 11.8. The third kappa shape index (κ3) is 5.53. The van der Waals surface area contributed by atoms with E-state index < -0.39 is 0 Å². The molecule has 0 spiro atoms. The first-order chi connectivity index (χ1) is 10.2. The molecule has 0 unspecified atom stereocenters. The topological polar surface area (TPSA) is 41.1 Å². The standard InChI is InChI=1S/C18H20N2O/c1-15(19-13-16-8-4-2-5-9-16)12-18(21)20-14-17-10-6-3-7-11-17/h2-12,19H,13-14H2,1H3,(H,20,21)/b15-12-. The van der Waals surface area contributed by atoms with Crippen LogP contribution in [-0.4, -0.2) is 5.91 Å². The molecule has 0 saturated carbocycles. The Morgan fingerprint density at radius 1 is 0.857 bits per heavy atom. The predicted molar refractivity (Wildman–Crippen MR) is 85.3 cm³/mol. The summed E-state index contributed by atoms with van der Waals surface area (Å²) in [5.41, 5.74) is 3.13. The van der Waals surface area contributed by atoms with Crippen LogP contribution >= 0.6 is 0 Å². The molecule has 0 heterocycles. The van der Waals surface area contributed by atoms with E-state index >= 15 is 0 Å². The minimum absolute atomic E-state index is 0.0862. The summed E-state index contributed by atoms with van der Waals surface area (Å²) in [7, 11) is 0. The van der Waals surface area contributed by atoms with E-state index in [9.17, 15) is 4.79 Å². The minimum atomic E-state index is -0.0862. The normalized spacial score (nSPS) is 11.0. The number of hydrogen-bond donors (Lipinski definition) is 2. The summed E-state index contributed by atoms with van der Waals surface area (Å²) in [5.74, 6) is -0.0862. The molecule has 0 aliphatic heterocycles. The molecule has 1 amide bonds. The molecule has 2 aromatic carbocycles. The van der Waals surface area contributed by atoms with Gasteiger partial charge in [0.1, 0.15) is 0 Å². The van der Waals surface area contributed by atoms with E-state index in [1.54, 1.807) is 6.08 Å². The Labute approximate surface area is 125 Å². The SMILES string of the molecule is C/C(=C/C(=O)NCc1ccccc1)NCc1ccccc1. The Morgan fingerprint density at radius 3 is 1.86 bits per heavy atom. The lowest BCUT2D eigenvalue weighted by atomic mass is 10.2. The van der Waals surface area contributed by atoms with Crippen LogP contribution in [0.3, 0.4) is 0 Å². The quantitative estimate of drug-likeness (QED) is 0.799. The second-order valence-electron chi connectivity index (χ2n) is 4.87. The maximum Gasteiger partial charge on any atom is 0.245 e. The lowest BCUT2D eigenvalue weighted by Crippen LogP contribution is -2.22. The van der Waals surface area contributed by atoms with Gasteiger partial charge in [-0.25, -0.2) is 0 Å². The molecule has 3 heteroatoms. The monoisotopic (exact) mass is 280 g/mol. The van der Waals surface area contributed by atoms with Crippen molar-refractivity contribution in [2.45, 2.75) is 20.0 Å². The Bertz CT molecular complexity index is 591. The number of carbonyl (C=O) groups is 1. The van der Waals surface area contributed by atoms with Gasteiger partial charge in [-0.05, 0) is 18.1 Å². The molecule has 3 nitrogen and oxygen atoms in total. The van der Waals surface area contributed by atoms with E-state index in [2.05, 4.69) is 22.8 Å². The molecule has 0 bridgehead atoms. The van der Waals surface area contributed by atoms with E-state index in [4.69, 9.17) is 0 Å². The highest BCUT2D eigenvalue weighted by atomic mass is 16.1. The third-order valence-corrected chi connectivity index (χ3v) is 3.07. The predicted octanol–water partition coefficient (Wildman–Crippen LogP) is 3.00. The van der Waals surface area contributed by atoms with Crippen LogP contribution in [0.4, 0.5) is 0 Å². The average Bonchev–Trinajstić information content (AvgIpc) is 2.53. The number of nitrogens with one attached hydrogen (secondary N) is 2. The number of amides is 1. The molecule has 2 aromatic rings. The van der Waals surface area contributed by atoms with E-state index in [-0.39, 0.29) is 5.91 Å². The van der Waals surface area contributed by atoms with Crippen molar-refractivity contribution in [1.82, 2.24) is 10.6 Å². The molecule has 0 atom stereocenters. The maximum atomic E-state index is 11.8. The summed E-state index contributed by atoms with van der Waals surface area (Å²) >= 11 is 0. The molecule has 21 heavy (non-hydrogen) atoms. The molecule has 0 aromatic heterocycles. The fraction of sp³-hybridized carbons (Fsp3) is 0.167. The van der Waals surface area contributed by atoms with Crippen molar-refractivity contribution in [3.63, 3.8) is 0 Å². The fourth-order valence-corrected chi connectivity index (χ4v) is 1.92. The Kier molecular flexibility index (Phi) is 5.59. The van der Waals surface area contributed by atoms with Gasteiger partial charge < -0.3 is 10.6 Å². The Morgan fingerprint density at radius 2 is 1.33 bits per heavy atom. The highest BCUT2D eigenvalue weighted by Gasteiger charge is 1.99. The van der Waals surface area contributed by atoms with E-state index in [1.165, 1.54) is 5.56 Å². The van der Waals surface area contributed by atoms with Crippen LogP contribution in [0.2, 0.25) is 0 Å². The highest BCUT2D eigenvalue weighted by Crippen LogP contribution is 2.00. The molecule has 0 aliphatic rings. The van der Waals surface area contributed by atoms with E-state index in [0.717, 1.165) is 17.8 Å². The van der Waals surface area contributed by atoms with Crippen molar-refractivity contribution in [2.75, 3.05) is 0 Å². The van der Waals surface area contributed by atoms with Crippen molar-refractivity contribution in [1.29, 1.82) is 0 Å². The van der Waals surface area contributed by atoms with Crippen molar-refractivity contribution < 1.29 is 4.79 Å². The molecular weight excluding hydrogens is 260 g/mol. The van der Waals surface area contributed by atoms with Crippen molar-refractivity contribution in [3.05, 3.63) is 83.6 Å². The summed E-state index contributed by atoms with van der Waals surface area (Å²) in [6.07, 6.45) is 1.59. The van der Waals surface area contributed by atoms with Crippen LogP contribution in [0, 0.1) is 0 Å². The number of allylic oxidation sites excluding steroid dienone is 1. The van der Waals surface area contributed by atoms with Gasteiger partial charge in [0.2, 0.25) is 5.91 Å². The second-order valence-corrected chi connectivity index (χ2v) is 4.87. The lowest BCUT2D eigenvalue weighted by Gasteiger charge is -2.07. The van der Waals surface area contributed by atoms with Gasteiger partial charge in [-0.3, -0.25) is 4.79 Å².